The minimum Gasteiger partial charge on any atom is -0.274 e. The van der Waals surface area contributed by atoms with Crippen molar-refractivity contribution < 1.29 is 19.2 Å². The zero-order valence-electron chi connectivity index (χ0n) is 46.1. The third-order valence-corrected chi connectivity index (χ3v) is 29.8. The summed E-state index contributed by atoms with van der Waals surface area (Å²) in [6.07, 6.45) is 22.8. The first-order valence-electron chi connectivity index (χ1n) is 28.9. The van der Waals surface area contributed by atoms with E-state index in [4.69, 9.17) is 0 Å². The van der Waals surface area contributed by atoms with Crippen LogP contribution in [-0.4, -0.2) is 54.6 Å². The van der Waals surface area contributed by atoms with Crippen molar-refractivity contribution in [1.29, 1.82) is 0 Å². The number of aryl methyl sites for hydroxylation is 2. The molecule has 9 heterocycles. The van der Waals surface area contributed by atoms with E-state index in [0.717, 1.165) is 82.4 Å². The number of nitrogens with zero attached hydrogens (tertiary/aromatic N) is 2. The van der Waals surface area contributed by atoms with Gasteiger partial charge in [0.2, 0.25) is 0 Å². The Kier molecular flexibility index (Phi) is 19.0. The molecule has 6 aromatic heterocycles. The lowest BCUT2D eigenvalue weighted by atomic mass is 10.0. The Morgan fingerprint density at radius 3 is 1.24 bits per heavy atom. The number of carbonyl (C=O) groups is 4. The van der Waals surface area contributed by atoms with Crippen LogP contribution in [0.2, 0.25) is 12.1 Å². The summed E-state index contributed by atoms with van der Waals surface area (Å²) < 4.78 is 0. The summed E-state index contributed by atoms with van der Waals surface area (Å²) in [6, 6.07) is 16.0. The van der Waals surface area contributed by atoms with Crippen LogP contribution >= 0.6 is 68.0 Å². The van der Waals surface area contributed by atoms with E-state index in [9.17, 15) is 9.59 Å². The first-order chi connectivity index (χ1) is 36.4. The molecular weight excluding hydrogens is 1060 g/mol. The van der Waals surface area contributed by atoms with Crippen LogP contribution in [0.3, 0.4) is 0 Å². The molecule has 6 nitrogen and oxygen atoms in total. The molecule has 0 N–H and O–H groups in total. The number of unbranched alkanes of at least 4 members (excludes halogenated alkanes) is 12. The smallest absolute Gasteiger partial charge is 0.263 e. The van der Waals surface area contributed by atoms with Gasteiger partial charge in [0.1, 0.15) is 8.07 Å². The highest BCUT2D eigenvalue weighted by molar-refractivity contribution is 7.33. The van der Waals surface area contributed by atoms with E-state index in [2.05, 4.69) is 91.8 Å². The van der Waals surface area contributed by atoms with E-state index < -0.39 is 8.07 Å². The van der Waals surface area contributed by atoms with E-state index in [-0.39, 0.29) is 23.6 Å². The molecule has 2 atom stereocenters. The van der Waals surface area contributed by atoms with Crippen LogP contribution in [0.1, 0.15) is 221 Å². The first-order valence-corrected chi connectivity index (χ1v) is 36.2. The molecule has 0 aromatic carbocycles. The highest BCUT2D eigenvalue weighted by Crippen LogP contribution is 2.55. The molecule has 3 aliphatic heterocycles. The SMILES string of the molecule is CCCCCCCCN1C(=O)c2c(-c3ccc(C)s3)sc(-c3ccc(-c4sc(-c5cc6c(s5)-c5sc(C)cc5[Si]6(CC(CC)CCCC)CC(CC)CCCC)c5c4C(=O)N(CCCCCCCC)C5=O)s3)c2C1=O. The molecule has 4 amide bonds. The third kappa shape index (κ3) is 11.2. The normalized spacial score (nSPS) is 16.7. The van der Waals surface area contributed by atoms with Gasteiger partial charge in [0.15, 0.2) is 0 Å². The molecule has 13 heteroatoms. The molecule has 9 rings (SSSR count). The van der Waals surface area contributed by atoms with E-state index in [1.165, 1.54) is 122 Å². The average Bonchev–Trinajstić information content (AvgIpc) is 4.29. The molecule has 0 radical (unpaired) electrons. The third-order valence-electron chi connectivity index (χ3n) is 16.6. The van der Waals surface area contributed by atoms with Gasteiger partial charge in [-0.3, -0.25) is 29.0 Å². The molecule has 2 unspecified atom stereocenters. The molecule has 0 aliphatic carbocycles. The van der Waals surface area contributed by atoms with E-state index in [1.54, 1.807) is 60.6 Å². The first kappa shape index (κ1) is 56.4. The van der Waals surface area contributed by atoms with Crippen molar-refractivity contribution in [3.63, 3.8) is 0 Å². The monoisotopic (exact) mass is 1140 g/mol. The van der Waals surface area contributed by atoms with Crippen molar-refractivity contribution in [3.8, 4) is 48.8 Å². The van der Waals surface area contributed by atoms with Crippen molar-refractivity contribution in [1.82, 2.24) is 9.80 Å². The van der Waals surface area contributed by atoms with Crippen LogP contribution in [0.15, 0.2) is 36.4 Å². The predicted molar refractivity (Wildman–Crippen MR) is 329 cm³/mol. The number of fused-ring (bicyclic) bond motifs is 5. The number of carbonyl (C=O) groups excluding carboxylic acids is 4. The number of imide groups is 2. The molecule has 75 heavy (non-hydrogen) atoms. The number of rotatable bonds is 30. The van der Waals surface area contributed by atoms with Gasteiger partial charge >= 0.3 is 0 Å². The second-order valence-electron chi connectivity index (χ2n) is 21.9. The van der Waals surface area contributed by atoms with Gasteiger partial charge < -0.3 is 0 Å². The standard InChI is InChI=1S/C62H80N2O4S6Si/c1-9-15-19-21-23-25-33-63-59(65)49-50(60(63)66)54(73-53(49)43-30-29-39(7)69-43)44-31-32-45(71-44)55-51-52(62(68)64(61(51)67)34-26-24-22-20-16-10-2)56(74-55)46-36-48-58(72-46)57-47(35-40(8)70-57)75(48,37-41(13-5)27-17-11-3)38-42(14-6)28-18-12-4/h29-32,35-36,41-42H,9-28,33-34,37-38H2,1-8H3. The molecule has 0 fully saturated rings. The topological polar surface area (TPSA) is 74.8 Å². The summed E-state index contributed by atoms with van der Waals surface area (Å²) in [5, 5.41) is 3.26. The summed E-state index contributed by atoms with van der Waals surface area (Å²) >= 11 is 10.3. The fraction of sp³-hybridized carbons (Fsp3) is 0.548. The molecule has 0 saturated carbocycles. The zero-order valence-corrected chi connectivity index (χ0v) is 52.0. The average molecular weight is 1140 g/mol. The molecule has 0 saturated heterocycles. The Hall–Kier alpha value is -3.30. The van der Waals surface area contributed by atoms with E-state index in [1.807, 2.05) is 22.7 Å². The van der Waals surface area contributed by atoms with Crippen LogP contribution < -0.4 is 10.4 Å². The summed E-state index contributed by atoms with van der Waals surface area (Å²) in [7, 11) is -2.27. The van der Waals surface area contributed by atoms with Gasteiger partial charge in [-0.15, -0.1) is 68.0 Å². The van der Waals surface area contributed by atoms with Gasteiger partial charge in [-0.25, -0.2) is 0 Å². The Balaban J connectivity index is 1.14. The summed E-state index contributed by atoms with van der Waals surface area (Å²) in [4.78, 5) is 75.0. The summed E-state index contributed by atoms with van der Waals surface area (Å²) in [5.41, 5.74) is 2.18. The van der Waals surface area contributed by atoms with Gasteiger partial charge in [-0.1, -0.05) is 157 Å². The fourth-order valence-electron chi connectivity index (χ4n) is 12.3. The van der Waals surface area contributed by atoms with Gasteiger partial charge in [0.05, 0.1) is 41.8 Å². The minimum absolute atomic E-state index is 0.152. The lowest BCUT2D eigenvalue weighted by Crippen LogP contribution is -2.56. The van der Waals surface area contributed by atoms with Crippen molar-refractivity contribution in [2.75, 3.05) is 13.1 Å². The van der Waals surface area contributed by atoms with Gasteiger partial charge in [-0.2, -0.15) is 0 Å². The second kappa shape index (κ2) is 25.2. The van der Waals surface area contributed by atoms with Gasteiger partial charge in [0, 0.05) is 52.1 Å². The molecule has 6 aromatic rings. The number of amides is 4. The Morgan fingerprint density at radius 2 is 0.800 bits per heavy atom. The van der Waals surface area contributed by atoms with Gasteiger partial charge in [-0.05, 0) is 97.4 Å². The lowest BCUT2D eigenvalue weighted by Gasteiger charge is -2.35. The Labute approximate surface area is 473 Å². The second-order valence-corrected chi connectivity index (χ2v) is 32.7. The molecule has 3 aliphatic rings. The largest absolute Gasteiger partial charge is 0.274 e. The van der Waals surface area contributed by atoms with Gasteiger partial charge in [0.25, 0.3) is 23.6 Å². The summed E-state index contributed by atoms with van der Waals surface area (Å²) in [6.45, 7) is 19.1. The van der Waals surface area contributed by atoms with Crippen molar-refractivity contribution in [2.45, 2.75) is 196 Å². The van der Waals surface area contributed by atoms with Crippen molar-refractivity contribution >= 4 is 110 Å². The maximum Gasteiger partial charge on any atom is 0.263 e. The van der Waals surface area contributed by atoms with Crippen LogP contribution in [0.5, 0.6) is 0 Å². The maximum atomic E-state index is 15.1. The van der Waals surface area contributed by atoms with Crippen LogP contribution in [0.4, 0.5) is 0 Å². The van der Waals surface area contributed by atoms with Crippen LogP contribution in [0.25, 0.3) is 48.8 Å². The van der Waals surface area contributed by atoms with Crippen molar-refractivity contribution in [2.24, 2.45) is 11.8 Å². The Bertz CT molecular complexity index is 2980. The van der Waals surface area contributed by atoms with Crippen molar-refractivity contribution in [3.05, 3.63) is 68.4 Å². The van der Waals surface area contributed by atoms with Crippen LogP contribution in [-0.2, 0) is 0 Å². The Morgan fingerprint density at radius 1 is 0.400 bits per heavy atom. The quantitative estimate of drug-likeness (QED) is 0.0256. The number of thiophene rings is 6. The minimum atomic E-state index is -2.27. The fourth-order valence-corrected chi connectivity index (χ4v) is 27.6. The molecule has 402 valence electrons. The zero-order chi connectivity index (χ0) is 53.0. The lowest BCUT2D eigenvalue weighted by molar-refractivity contribution is 0.0636. The van der Waals surface area contributed by atoms with Crippen LogP contribution in [0, 0.1) is 25.7 Å². The molecular formula is C62H80N2O4S6Si. The summed E-state index contributed by atoms with van der Waals surface area (Å²) in [5.74, 6) is 0.638. The van der Waals surface area contributed by atoms with E-state index in [0.29, 0.717) is 47.2 Å². The number of hydrogen-bond donors (Lipinski definition) is 0. The number of hydrogen-bond acceptors (Lipinski definition) is 10. The highest BCUT2D eigenvalue weighted by Gasteiger charge is 2.51. The molecule has 0 bridgehead atoms. The predicted octanol–water partition coefficient (Wildman–Crippen LogP) is 19.2. The maximum absolute atomic E-state index is 15.1. The molecule has 0 spiro atoms. The highest BCUT2D eigenvalue weighted by atomic mass is 32.1. The van der Waals surface area contributed by atoms with E-state index >= 15 is 9.59 Å².